The molecule has 0 saturated carbocycles. The van der Waals surface area contributed by atoms with Crippen molar-refractivity contribution in [3.8, 4) is 5.75 Å². The first-order valence-corrected chi connectivity index (χ1v) is 15.6. The maximum Gasteiger partial charge on any atom is 0.347 e. The standard InChI is InChI=1S/C35H45ClN2O8/c1-22(2)18-31(46-34(42)24(4)21-37)35(43)45-29(23(3)14-15-25-10-7-6-8-11-25)12-9-13-32(39)38-28(33(40)41)20-26-16-17-30(44-5)27(36)19-26/h6-11,13-17,19,22-24,28-29,31H,12,18,20-21,37H2,1-5H3,(H,38,39)(H,40,41)/b13-9+,15-14+/t23-,24-,28-,29+,31+/m1/s1. The van der Waals surface area contributed by atoms with Crippen molar-refractivity contribution in [1.29, 1.82) is 0 Å². The third-order valence-electron chi connectivity index (χ3n) is 7.12. The van der Waals surface area contributed by atoms with Gasteiger partial charge in [-0.3, -0.25) is 9.59 Å². The minimum atomic E-state index is -1.22. The zero-order chi connectivity index (χ0) is 34.2. The molecule has 2 aromatic rings. The lowest BCUT2D eigenvalue weighted by molar-refractivity contribution is -0.175. The molecular weight excluding hydrogens is 612 g/mol. The Bertz CT molecular complexity index is 1360. The van der Waals surface area contributed by atoms with Crippen LogP contribution in [0.1, 0.15) is 51.7 Å². The number of benzene rings is 2. The second-order valence-electron chi connectivity index (χ2n) is 11.5. The van der Waals surface area contributed by atoms with Gasteiger partial charge in [-0.05, 0) is 41.7 Å². The van der Waals surface area contributed by atoms with Crippen LogP contribution in [-0.4, -0.2) is 60.8 Å². The smallest absolute Gasteiger partial charge is 0.347 e. The third kappa shape index (κ3) is 13.1. The Kier molecular flexibility index (Phi) is 16.0. The van der Waals surface area contributed by atoms with E-state index in [0.717, 1.165) is 5.56 Å². The van der Waals surface area contributed by atoms with Crippen molar-refractivity contribution in [3.63, 3.8) is 0 Å². The van der Waals surface area contributed by atoms with Gasteiger partial charge in [-0.1, -0.05) is 93.9 Å². The van der Waals surface area contributed by atoms with E-state index < -0.39 is 48.0 Å². The maximum atomic E-state index is 13.3. The van der Waals surface area contributed by atoms with Gasteiger partial charge in [0.05, 0.1) is 18.1 Å². The van der Waals surface area contributed by atoms with Gasteiger partial charge in [0.15, 0.2) is 6.10 Å². The molecule has 0 aliphatic heterocycles. The van der Waals surface area contributed by atoms with Crippen molar-refractivity contribution in [2.24, 2.45) is 23.5 Å². The number of carbonyl (C=O) groups excluding carboxylic acids is 3. The van der Waals surface area contributed by atoms with E-state index in [9.17, 15) is 24.3 Å². The molecule has 0 aromatic heterocycles. The number of amides is 1. The van der Waals surface area contributed by atoms with Crippen LogP contribution in [0.5, 0.6) is 5.75 Å². The quantitative estimate of drug-likeness (QED) is 0.145. The van der Waals surface area contributed by atoms with Gasteiger partial charge >= 0.3 is 17.9 Å². The number of carboxylic acid groups (broad SMARTS) is 1. The summed E-state index contributed by atoms with van der Waals surface area (Å²) >= 11 is 6.16. The molecule has 5 atom stereocenters. The summed E-state index contributed by atoms with van der Waals surface area (Å²) in [5, 5.41) is 12.5. The Morgan fingerprint density at radius 2 is 1.70 bits per heavy atom. The highest BCUT2D eigenvalue weighted by Gasteiger charge is 2.30. The fourth-order valence-electron chi connectivity index (χ4n) is 4.32. The van der Waals surface area contributed by atoms with E-state index in [1.54, 1.807) is 25.1 Å². The number of ether oxygens (including phenoxy) is 3. The monoisotopic (exact) mass is 656 g/mol. The predicted octanol–water partition coefficient (Wildman–Crippen LogP) is 5.22. The second kappa shape index (κ2) is 19.4. The minimum Gasteiger partial charge on any atom is -0.495 e. The minimum absolute atomic E-state index is 0.00108. The summed E-state index contributed by atoms with van der Waals surface area (Å²) < 4.78 is 16.5. The zero-order valence-corrected chi connectivity index (χ0v) is 27.7. The summed E-state index contributed by atoms with van der Waals surface area (Å²) in [6.45, 7) is 7.37. The van der Waals surface area contributed by atoms with Crippen molar-refractivity contribution in [1.82, 2.24) is 5.32 Å². The fourth-order valence-corrected chi connectivity index (χ4v) is 4.60. The molecule has 2 aromatic carbocycles. The highest BCUT2D eigenvalue weighted by molar-refractivity contribution is 6.32. The number of hydrogen-bond acceptors (Lipinski definition) is 8. The summed E-state index contributed by atoms with van der Waals surface area (Å²) in [7, 11) is 1.47. The Morgan fingerprint density at radius 1 is 1.00 bits per heavy atom. The molecule has 0 fully saturated rings. The SMILES string of the molecule is COc1ccc(C[C@@H](NC(=O)/C=C/C[C@H](OC(=O)[C@H](CC(C)C)OC(=O)[C@H](C)CN)[C@H](C)/C=C/c2ccccc2)C(=O)O)cc1Cl. The number of nitrogens with two attached hydrogens (primary N) is 1. The number of nitrogens with one attached hydrogen (secondary N) is 1. The van der Waals surface area contributed by atoms with Gasteiger partial charge in [-0.25, -0.2) is 9.59 Å². The van der Waals surface area contributed by atoms with Gasteiger partial charge in [-0.2, -0.15) is 0 Å². The molecule has 0 aliphatic rings. The van der Waals surface area contributed by atoms with Crippen molar-refractivity contribution in [3.05, 3.63) is 82.9 Å². The van der Waals surface area contributed by atoms with Gasteiger partial charge in [0.25, 0.3) is 0 Å². The first-order valence-electron chi connectivity index (χ1n) is 15.2. The average Bonchev–Trinajstić information content (AvgIpc) is 3.02. The van der Waals surface area contributed by atoms with Crippen LogP contribution in [0, 0.1) is 17.8 Å². The van der Waals surface area contributed by atoms with E-state index in [2.05, 4.69) is 5.32 Å². The maximum absolute atomic E-state index is 13.3. The van der Waals surface area contributed by atoms with Gasteiger partial charge < -0.3 is 30.4 Å². The molecular formula is C35H45ClN2O8. The Morgan fingerprint density at radius 3 is 2.28 bits per heavy atom. The predicted molar refractivity (Wildman–Crippen MR) is 177 cm³/mol. The molecule has 46 heavy (non-hydrogen) atoms. The van der Waals surface area contributed by atoms with Crippen LogP contribution in [0.25, 0.3) is 6.08 Å². The van der Waals surface area contributed by atoms with E-state index in [1.807, 2.05) is 63.3 Å². The van der Waals surface area contributed by atoms with Crippen LogP contribution in [0.15, 0.2) is 66.8 Å². The molecule has 1 amide bonds. The fraction of sp³-hybridized carbons (Fsp3) is 0.429. The van der Waals surface area contributed by atoms with E-state index in [-0.39, 0.29) is 37.6 Å². The van der Waals surface area contributed by atoms with Gasteiger partial charge in [0.2, 0.25) is 5.91 Å². The molecule has 4 N–H and O–H groups in total. The van der Waals surface area contributed by atoms with Crippen molar-refractivity contribution >= 4 is 41.5 Å². The number of aliphatic carboxylic acids is 1. The van der Waals surface area contributed by atoms with Crippen LogP contribution >= 0.6 is 11.6 Å². The van der Waals surface area contributed by atoms with Crippen LogP contribution in [0.3, 0.4) is 0 Å². The molecule has 2 rings (SSSR count). The van der Waals surface area contributed by atoms with E-state index in [0.29, 0.717) is 16.3 Å². The lowest BCUT2D eigenvalue weighted by atomic mass is 9.99. The summed E-state index contributed by atoms with van der Waals surface area (Å²) in [4.78, 5) is 50.4. The van der Waals surface area contributed by atoms with Crippen LogP contribution < -0.4 is 15.8 Å². The summed E-state index contributed by atoms with van der Waals surface area (Å²) in [6, 6.07) is 13.3. The van der Waals surface area contributed by atoms with Gasteiger partial charge in [0.1, 0.15) is 17.9 Å². The Labute approximate surface area is 275 Å². The topological polar surface area (TPSA) is 154 Å². The van der Waals surface area contributed by atoms with Crippen molar-refractivity contribution < 1.29 is 38.5 Å². The van der Waals surface area contributed by atoms with Crippen LogP contribution in [-0.2, 0) is 35.1 Å². The lowest BCUT2D eigenvalue weighted by Crippen LogP contribution is -2.41. The van der Waals surface area contributed by atoms with Gasteiger partial charge in [-0.15, -0.1) is 0 Å². The van der Waals surface area contributed by atoms with E-state index in [4.69, 9.17) is 31.5 Å². The molecule has 0 unspecified atom stereocenters. The van der Waals surface area contributed by atoms with Crippen LogP contribution in [0.4, 0.5) is 0 Å². The number of methoxy groups -OCH3 is 1. The van der Waals surface area contributed by atoms with E-state index in [1.165, 1.54) is 19.3 Å². The Balaban J connectivity index is 2.20. The van der Waals surface area contributed by atoms with Crippen LogP contribution in [0.2, 0.25) is 5.02 Å². The summed E-state index contributed by atoms with van der Waals surface area (Å²) in [5.74, 6) is -3.52. The molecule has 250 valence electrons. The molecule has 11 heteroatoms. The molecule has 0 heterocycles. The highest BCUT2D eigenvalue weighted by Crippen LogP contribution is 2.25. The molecule has 10 nitrogen and oxygen atoms in total. The largest absolute Gasteiger partial charge is 0.495 e. The summed E-state index contributed by atoms with van der Waals surface area (Å²) in [5.41, 5.74) is 7.16. The molecule has 0 radical (unpaired) electrons. The number of hydrogen-bond donors (Lipinski definition) is 3. The van der Waals surface area contributed by atoms with Crippen molar-refractivity contribution in [2.45, 2.75) is 65.2 Å². The highest BCUT2D eigenvalue weighted by atomic mass is 35.5. The molecule has 0 bridgehead atoms. The first-order chi connectivity index (χ1) is 21.8. The second-order valence-corrected chi connectivity index (χ2v) is 11.9. The normalized spacial score (nSPS) is 14.8. The number of halogens is 1. The number of rotatable bonds is 18. The average molecular weight is 657 g/mol. The van der Waals surface area contributed by atoms with Crippen molar-refractivity contribution in [2.75, 3.05) is 13.7 Å². The first kappa shape index (κ1) is 38.0. The number of carbonyl (C=O) groups is 4. The zero-order valence-electron chi connectivity index (χ0n) is 27.0. The molecule has 0 aliphatic carbocycles. The van der Waals surface area contributed by atoms with E-state index >= 15 is 0 Å². The molecule has 0 spiro atoms. The summed E-state index contributed by atoms with van der Waals surface area (Å²) in [6.07, 6.45) is 5.06. The number of esters is 2. The van der Waals surface area contributed by atoms with Gasteiger partial charge in [0, 0.05) is 25.3 Å². The Hall–Kier alpha value is -4.15. The number of carboxylic acids is 1. The molecule has 0 saturated heterocycles. The third-order valence-corrected chi connectivity index (χ3v) is 7.41. The lowest BCUT2D eigenvalue weighted by Gasteiger charge is -2.25.